The fraction of sp³-hybridized carbons (Fsp3) is 0.405. The summed E-state index contributed by atoms with van der Waals surface area (Å²) in [5, 5.41) is 6.46. The highest BCUT2D eigenvalue weighted by Gasteiger charge is 2.48. The summed E-state index contributed by atoms with van der Waals surface area (Å²) < 4.78 is 32.9. The third-order valence-electron chi connectivity index (χ3n) is 10.5. The van der Waals surface area contributed by atoms with E-state index < -0.39 is 17.5 Å². The lowest BCUT2D eigenvalue weighted by Crippen LogP contribution is -2.56. The first-order valence-electron chi connectivity index (χ1n) is 18.8. The zero-order valence-corrected chi connectivity index (χ0v) is 34.0. The molecule has 3 saturated heterocycles. The van der Waals surface area contributed by atoms with Crippen LogP contribution >= 0.6 is 23.2 Å². The molecular formula is C42H45Cl2FN6O6. The number of hydrogen-bond donors (Lipinski definition) is 2. The Hall–Kier alpha value is -4.98. The average molecular weight is 820 g/mol. The van der Waals surface area contributed by atoms with Crippen LogP contribution in [0.25, 0.3) is 33.6 Å². The van der Waals surface area contributed by atoms with Gasteiger partial charge in [-0.3, -0.25) is 19.5 Å². The van der Waals surface area contributed by atoms with Crippen LogP contribution < -0.4 is 20.1 Å². The molecule has 57 heavy (non-hydrogen) atoms. The molecular weight excluding hydrogens is 774 g/mol. The third kappa shape index (κ3) is 8.65. The summed E-state index contributed by atoms with van der Waals surface area (Å²) in [7, 11) is 3.00. The fourth-order valence-electron chi connectivity index (χ4n) is 7.82. The van der Waals surface area contributed by atoms with Gasteiger partial charge in [-0.1, -0.05) is 41.4 Å². The Labute approximate surface area is 341 Å². The van der Waals surface area contributed by atoms with Crippen LogP contribution in [0, 0.1) is 11.2 Å². The molecule has 3 aliphatic rings. The predicted molar refractivity (Wildman–Crippen MR) is 215 cm³/mol. The summed E-state index contributed by atoms with van der Waals surface area (Å²) in [6.07, 6.45) is 2.59. The Kier molecular flexibility index (Phi) is 11.4. The number of hydrogen-bond acceptors (Lipinski definition) is 9. The third-order valence-corrected chi connectivity index (χ3v) is 11.3. The van der Waals surface area contributed by atoms with E-state index in [0.717, 1.165) is 0 Å². The van der Waals surface area contributed by atoms with E-state index in [2.05, 4.69) is 20.5 Å². The highest BCUT2D eigenvalue weighted by Crippen LogP contribution is 2.44. The number of carbonyl (C=O) groups is 3. The number of pyridine rings is 2. The van der Waals surface area contributed by atoms with Gasteiger partial charge in [0.1, 0.15) is 17.2 Å². The first-order chi connectivity index (χ1) is 27.2. The number of rotatable bonds is 11. The SMILES string of the molecule is COc1cc(-c2nccc(-c3cccc(-c4ccc(CN(C[C@@H]5CCC(=O)N5)C(=O)OC(C)(C)C)c(OC)n4)c3Cl)c2Cl)cc(F)c1CN1CC2(CNC(=O)C2)C1. The van der Waals surface area contributed by atoms with Crippen LogP contribution in [0.5, 0.6) is 11.6 Å². The smallest absolute Gasteiger partial charge is 0.410 e. The van der Waals surface area contributed by atoms with E-state index in [1.165, 1.54) is 20.3 Å². The Morgan fingerprint density at radius 1 is 1.02 bits per heavy atom. The molecule has 3 amide bonds. The molecule has 1 atom stereocenters. The monoisotopic (exact) mass is 818 g/mol. The van der Waals surface area contributed by atoms with Crippen molar-refractivity contribution in [3.05, 3.63) is 81.7 Å². The molecule has 4 aromatic rings. The van der Waals surface area contributed by atoms with E-state index in [4.69, 9.17) is 42.4 Å². The molecule has 2 aromatic heterocycles. The maximum absolute atomic E-state index is 15.8. The Morgan fingerprint density at radius 2 is 1.77 bits per heavy atom. The van der Waals surface area contributed by atoms with Gasteiger partial charge in [0.25, 0.3) is 0 Å². The first kappa shape index (κ1) is 40.2. The summed E-state index contributed by atoms with van der Waals surface area (Å²) in [5.74, 6) is 0.229. The summed E-state index contributed by atoms with van der Waals surface area (Å²) in [4.78, 5) is 50.0. The number of nitrogens with zero attached hydrogens (tertiary/aromatic N) is 4. The van der Waals surface area contributed by atoms with Crippen LogP contribution in [0.15, 0.2) is 54.7 Å². The van der Waals surface area contributed by atoms with Gasteiger partial charge in [-0.2, -0.15) is 0 Å². The molecule has 15 heteroatoms. The molecule has 5 heterocycles. The van der Waals surface area contributed by atoms with Crippen molar-refractivity contribution < 1.29 is 33.0 Å². The lowest BCUT2D eigenvalue weighted by molar-refractivity contribution is -0.121. The van der Waals surface area contributed by atoms with Crippen molar-refractivity contribution in [2.24, 2.45) is 5.41 Å². The minimum Gasteiger partial charge on any atom is -0.496 e. The number of halogens is 3. The molecule has 0 radical (unpaired) electrons. The molecule has 0 aliphatic carbocycles. The molecule has 2 N–H and O–H groups in total. The summed E-state index contributed by atoms with van der Waals surface area (Å²) >= 11 is 14.2. The second-order valence-corrected chi connectivity index (χ2v) is 16.7. The number of nitrogens with one attached hydrogen (secondary N) is 2. The van der Waals surface area contributed by atoms with Gasteiger partial charge in [-0.15, -0.1) is 0 Å². The average Bonchev–Trinajstić information content (AvgIpc) is 3.76. The van der Waals surface area contributed by atoms with Gasteiger partial charge < -0.3 is 29.7 Å². The number of aromatic nitrogens is 2. The molecule has 300 valence electrons. The normalized spacial score (nSPS) is 17.6. The van der Waals surface area contributed by atoms with Gasteiger partial charge in [0.15, 0.2) is 0 Å². The molecule has 0 saturated carbocycles. The molecule has 3 aliphatic heterocycles. The van der Waals surface area contributed by atoms with Crippen LogP contribution in [0.1, 0.15) is 51.2 Å². The number of benzene rings is 2. The van der Waals surface area contributed by atoms with Crippen LogP contribution in [-0.2, 0) is 27.4 Å². The quantitative estimate of drug-likeness (QED) is 0.160. The van der Waals surface area contributed by atoms with E-state index in [1.807, 2.05) is 24.3 Å². The van der Waals surface area contributed by atoms with Crippen molar-refractivity contribution in [2.45, 2.75) is 64.8 Å². The van der Waals surface area contributed by atoms with Crippen molar-refractivity contribution in [2.75, 3.05) is 40.4 Å². The van der Waals surface area contributed by atoms with Crippen molar-refractivity contribution in [3.63, 3.8) is 0 Å². The molecule has 1 spiro atoms. The number of carbonyl (C=O) groups excluding carboxylic acids is 3. The predicted octanol–water partition coefficient (Wildman–Crippen LogP) is 7.28. The van der Waals surface area contributed by atoms with E-state index >= 15 is 4.39 Å². The van der Waals surface area contributed by atoms with E-state index in [9.17, 15) is 14.4 Å². The first-order valence-corrected chi connectivity index (χ1v) is 19.5. The highest BCUT2D eigenvalue weighted by atomic mass is 35.5. The maximum Gasteiger partial charge on any atom is 0.410 e. The minimum absolute atomic E-state index is 0.0475. The van der Waals surface area contributed by atoms with Gasteiger partial charge >= 0.3 is 6.09 Å². The van der Waals surface area contributed by atoms with Crippen molar-refractivity contribution in [1.82, 2.24) is 30.4 Å². The number of methoxy groups -OCH3 is 2. The van der Waals surface area contributed by atoms with E-state index in [1.54, 1.807) is 50.1 Å². The number of amides is 3. The molecule has 0 bridgehead atoms. The Bertz CT molecular complexity index is 2230. The zero-order valence-electron chi connectivity index (χ0n) is 32.5. The molecule has 3 fully saturated rings. The fourth-order valence-corrected chi connectivity index (χ4v) is 8.47. The Morgan fingerprint density at radius 3 is 2.44 bits per heavy atom. The lowest BCUT2D eigenvalue weighted by Gasteiger charge is -2.47. The van der Waals surface area contributed by atoms with Crippen molar-refractivity contribution >= 4 is 41.1 Å². The van der Waals surface area contributed by atoms with E-state index in [0.29, 0.717) is 107 Å². The molecule has 2 aromatic carbocycles. The summed E-state index contributed by atoms with van der Waals surface area (Å²) in [6, 6.07) is 13.8. The standard InChI is InChI=1S/C42H45Cl2FN6O6/c1-41(2,3)57-40(54)51(19-26-10-12-34(52)48-26)18-24-9-11-32(49-39(24)56-5)29-8-6-7-27(36(29)43)28-13-14-46-38(37(28)44)25-15-31(45)30(33(16-25)55-4)20-50-22-42(23-50)17-35(53)47-21-42/h6-9,11,13-16,26H,10,12,17-23H2,1-5H3,(H,47,53)(H,48,52)/t26-/m0/s1. The van der Waals surface area contributed by atoms with Crippen LogP contribution in [0.4, 0.5) is 9.18 Å². The molecule has 0 unspecified atom stereocenters. The number of ether oxygens (including phenoxy) is 3. The highest BCUT2D eigenvalue weighted by molar-refractivity contribution is 6.39. The maximum atomic E-state index is 15.8. The minimum atomic E-state index is -0.718. The van der Waals surface area contributed by atoms with Gasteiger partial charge in [-0.05, 0) is 57.5 Å². The van der Waals surface area contributed by atoms with Gasteiger partial charge in [0.05, 0.1) is 42.2 Å². The largest absolute Gasteiger partial charge is 0.496 e. The second kappa shape index (κ2) is 16.1. The van der Waals surface area contributed by atoms with Crippen LogP contribution in [0.2, 0.25) is 10.0 Å². The summed E-state index contributed by atoms with van der Waals surface area (Å²) in [5.41, 5.74) is 3.37. The van der Waals surface area contributed by atoms with Crippen LogP contribution in [0.3, 0.4) is 0 Å². The lowest BCUT2D eigenvalue weighted by atomic mass is 9.79. The second-order valence-electron chi connectivity index (χ2n) is 16.0. The van der Waals surface area contributed by atoms with Crippen molar-refractivity contribution in [3.8, 4) is 45.3 Å². The summed E-state index contributed by atoms with van der Waals surface area (Å²) in [6.45, 7) is 8.18. The molecule has 12 nitrogen and oxygen atoms in total. The number of likely N-dealkylation sites (tertiary alicyclic amines) is 1. The van der Waals surface area contributed by atoms with Crippen LogP contribution in [-0.4, -0.2) is 89.7 Å². The van der Waals surface area contributed by atoms with Gasteiger partial charge in [0, 0.05) is 96.6 Å². The topological polar surface area (TPSA) is 135 Å². The van der Waals surface area contributed by atoms with Gasteiger partial charge in [0.2, 0.25) is 17.7 Å². The van der Waals surface area contributed by atoms with Gasteiger partial charge in [-0.25, -0.2) is 14.2 Å². The van der Waals surface area contributed by atoms with E-state index in [-0.39, 0.29) is 41.4 Å². The molecule has 7 rings (SSSR count). The Balaban J connectivity index is 1.14. The zero-order chi connectivity index (χ0) is 40.6. The van der Waals surface area contributed by atoms with Crippen molar-refractivity contribution in [1.29, 1.82) is 0 Å².